The van der Waals surface area contributed by atoms with Gasteiger partial charge in [-0.15, -0.1) is 0 Å². The van der Waals surface area contributed by atoms with Crippen molar-refractivity contribution >= 4 is 10.2 Å². The molecule has 0 unspecified atom stereocenters. The molecule has 22 heavy (non-hydrogen) atoms. The van der Waals surface area contributed by atoms with E-state index in [1.54, 1.807) is 10.6 Å². The van der Waals surface area contributed by atoms with Gasteiger partial charge in [-0.05, 0) is 56.6 Å². The van der Waals surface area contributed by atoms with Crippen LogP contribution >= 0.6 is 0 Å². The number of hydrogen-bond donors (Lipinski definition) is 0. The molecule has 1 aromatic rings. The Balaban J connectivity index is 1.62. The second-order valence-electron chi connectivity index (χ2n) is 6.80. The van der Waals surface area contributed by atoms with Crippen LogP contribution in [0.1, 0.15) is 56.7 Å². The summed E-state index contributed by atoms with van der Waals surface area (Å²) in [4.78, 5) is 0. The number of hydrogen-bond acceptors (Lipinski definition) is 3. The molecule has 3 heterocycles. The lowest BCUT2D eigenvalue weighted by Crippen LogP contribution is -2.51. The maximum Gasteiger partial charge on any atom is 0.282 e. The minimum absolute atomic E-state index is 0.123. The van der Waals surface area contributed by atoms with Gasteiger partial charge in [0.2, 0.25) is 0 Å². The Kier molecular flexibility index (Phi) is 3.78. The highest BCUT2D eigenvalue weighted by Crippen LogP contribution is 2.42. The molecule has 3 fully saturated rings. The van der Waals surface area contributed by atoms with Gasteiger partial charge in [0.25, 0.3) is 10.2 Å². The Morgan fingerprint density at radius 2 is 1.77 bits per heavy atom. The van der Waals surface area contributed by atoms with Crippen molar-refractivity contribution in [2.75, 3.05) is 13.1 Å². The summed E-state index contributed by atoms with van der Waals surface area (Å²) in [5.41, 5.74) is 0. The van der Waals surface area contributed by atoms with Crippen LogP contribution < -0.4 is 0 Å². The molecule has 1 saturated carbocycles. The molecular formula is C16H24N2O3S. The second kappa shape index (κ2) is 5.65. The Labute approximate surface area is 132 Å². The van der Waals surface area contributed by atoms with Crippen molar-refractivity contribution in [1.82, 2.24) is 8.61 Å². The summed E-state index contributed by atoms with van der Waals surface area (Å²) >= 11 is 0. The molecule has 5 nitrogen and oxygen atoms in total. The third-order valence-corrected chi connectivity index (χ3v) is 7.69. The van der Waals surface area contributed by atoms with Gasteiger partial charge in [-0.1, -0.05) is 6.42 Å². The zero-order valence-corrected chi connectivity index (χ0v) is 13.7. The number of fused-ring (bicyclic) bond motifs is 1. The van der Waals surface area contributed by atoms with Crippen molar-refractivity contribution in [2.24, 2.45) is 5.92 Å². The Morgan fingerprint density at radius 3 is 2.59 bits per heavy atom. The van der Waals surface area contributed by atoms with Crippen LogP contribution in [-0.4, -0.2) is 36.2 Å². The third-order valence-electron chi connectivity index (χ3n) is 5.61. The van der Waals surface area contributed by atoms with Gasteiger partial charge >= 0.3 is 0 Å². The lowest BCUT2D eigenvalue weighted by atomic mass is 9.94. The molecular weight excluding hydrogens is 300 g/mol. The molecule has 4 rings (SSSR count). The van der Waals surface area contributed by atoms with Crippen molar-refractivity contribution in [1.29, 1.82) is 0 Å². The fourth-order valence-electron chi connectivity index (χ4n) is 4.61. The van der Waals surface area contributed by atoms with Crippen molar-refractivity contribution in [3.63, 3.8) is 0 Å². The van der Waals surface area contributed by atoms with Gasteiger partial charge < -0.3 is 4.42 Å². The predicted molar refractivity (Wildman–Crippen MR) is 83.4 cm³/mol. The fourth-order valence-corrected chi connectivity index (χ4v) is 6.75. The normalized spacial score (nSPS) is 34.1. The zero-order valence-electron chi connectivity index (χ0n) is 12.9. The highest BCUT2D eigenvalue weighted by molar-refractivity contribution is 7.86. The smallest absolute Gasteiger partial charge is 0.282 e. The Bertz CT molecular complexity index is 613. The number of rotatable bonds is 3. The van der Waals surface area contributed by atoms with E-state index in [0.29, 0.717) is 19.0 Å². The van der Waals surface area contributed by atoms with E-state index in [1.165, 1.54) is 19.3 Å². The van der Waals surface area contributed by atoms with E-state index in [0.717, 1.165) is 31.4 Å². The lowest BCUT2D eigenvalue weighted by Gasteiger charge is -2.39. The molecule has 2 aliphatic heterocycles. The quantitative estimate of drug-likeness (QED) is 0.859. The van der Waals surface area contributed by atoms with Crippen LogP contribution in [0.2, 0.25) is 0 Å². The van der Waals surface area contributed by atoms with Gasteiger partial charge in [-0.25, -0.2) is 0 Å². The molecule has 0 spiro atoms. The van der Waals surface area contributed by atoms with Crippen molar-refractivity contribution in [3.05, 3.63) is 24.2 Å². The predicted octanol–water partition coefficient (Wildman–Crippen LogP) is 2.93. The van der Waals surface area contributed by atoms with Crippen LogP contribution in [0, 0.1) is 5.92 Å². The topological polar surface area (TPSA) is 53.8 Å². The molecule has 2 saturated heterocycles. The van der Waals surface area contributed by atoms with E-state index in [-0.39, 0.29) is 12.1 Å². The molecule has 1 aliphatic carbocycles. The van der Waals surface area contributed by atoms with Crippen LogP contribution in [0.4, 0.5) is 0 Å². The molecule has 122 valence electrons. The van der Waals surface area contributed by atoms with Gasteiger partial charge in [0, 0.05) is 19.1 Å². The van der Waals surface area contributed by atoms with E-state index >= 15 is 0 Å². The first kappa shape index (κ1) is 14.7. The maximum atomic E-state index is 13.2. The minimum Gasteiger partial charge on any atom is -0.468 e. The first-order valence-corrected chi connectivity index (χ1v) is 9.89. The lowest BCUT2D eigenvalue weighted by molar-refractivity contribution is 0.184. The van der Waals surface area contributed by atoms with E-state index in [1.807, 2.05) is 16.4 Å². The van der Waals surface area contributed by atoms with Crippen molar-refractivity contribution < 1.29 is 12.8 Å². The van der Waals surface area contributed by atoms with E-state index in [4.69, 9.17) is 4.42 Å². The third kappa shape index (κ3) is 2.32. The SMILES string of the molecule is O=S(=O)(N1CCC[C@@H]1c1ccco1)N1CCC[C@@H]2CCC[C@@H]21. The summed E-state index contributed by atoms with van der Waals surface area (Å²) < 4.78 is 35.5. The van der Waals surface area contributed by atoms with Crippen LogP contribution in [0.3, 0.4) is 0 Å². The van der Waals surface area contributed by atoms with Crippen LogP contribution in [0.25, 0.3) is 0 Å². The van der Waals surface area contributed by atoms with Crippen molar-refractivity contribution in [3.8, 4) is 0 Å². The standard InChI is InChI=1S/C16H24N2O3S/c19-22(20,17-10-2-6-13-5-1-7-14(13)17)18-11-3-8-15(18)16-9-4-12-21-16/h4,9,12-15H,1-3,5-8,10-11H2/t13-,14-,15+/m0/s1. The average Bonchev–Trinajstić information content (AvgIpc) is 3.25. The van der Waals surface area contributed by atoms with Crippen molar-refractivity contribution in [2.45, 2.75) is 57.0 Å². The number of furan rings is 1. The first-order valence-electron chi connectivity index (χ1n) is 8.50. The molecule has 1 aromatic heterocycles. The maximum absolute atomic E-state index is 13.2. The zero-order chi connectivity index (χ0) is 15.2. The molecule has 0 aromatic carbocycles. The monoisotopic (exact) mass is 324 g/mol. The van der Waals surface area contributed by atoms with E-state index < -0.39 is 10.2 Å². The van der Waals surface area contributed by atoms with Crippen LogP contribution in [0.5, 0.6) is 0 Å². The van der Waals surface area contributed by atoms with Gasteiger partial charge in [-0.3, -0.25) is 0 Å². The highest BCUT2D eigenvalue weighted by atomic mass is 32.2. The fraction of sp³-hybridized carbons (Fsp3) is 0.750. The molecule has 0 amide bonds. The summed E-state index contributed by atoms with van der Waals surface area (Å²) in [6, 6.07) is 3.85. The van der Waals surface area contributed by atoms with Crippen LogP contribution in [0.15, 0.2) is 22.8 Å². The first-order chi connectivity index (χ1) is 10.7. The summed E-state index contributed by atoms with van der Waals surface area (Å²) in [6.45, 7) is 1.30. The van der Waals surface area contributed by atoms with Gasteiger partial charge in [0.05, 0.1) is 12.3 Å². The number of piperidine rings is 1. The minimum atomic E-state index is -3.38. The summed E-state index contributed by atoms with van der Waals surface area (Å²) in [5, 5.41) is 0. The molecule has 0 N–H and O–H groups in total. The largest absolute Gasteiger partial charge is 0.468 e. The van der Waals surface area contributed by atoms with E-state index in [9.17, 15) is 8.42 Å². The Hall–Kier alpha value is -0.850. The molecule has 6 heteroatoms. The molecule has 3 aliphatic rings. The molecule has 0 bridgehead atoms. The molecule has 3 atom stereocenters. The Morgan fingerprint density at radius 1 is 1.00 bits per heavy atom. The summed E-state index contributed by atoms with van der Waals surface area (Å²) in [6.07, 6.45) is 8.98. The van der Waals surface area contributed by atoms with E-state index in [2.05, 4.69) is 0 Å². The summed E-state index contributed by atoms with van der Waals surface area (Å²) in [7, 11) is -3.38. The number of nitrogens with zero attached hydrogens (tertiary/aromatic N) is 2. The highest BCUT2D eigenvalue weighted by Gasteiger charge is 2.46. The van der Waals surface area contributed by atoms with Gasteiger partial charge in [0.15, 0.2) is 0 Å². The second-order valence-corrected chi connectivity index (χ2v) is 8.64. The summed E-state index contributed by atoms with van der Waals surface area (Å²) in [5.74, 6) is 1.36. The van der Waals surface area contributed by atoms with Crippen LogP contribution in [-0.2, 0) is 10.2 Å². The van der Waals surface area contributed by atoms with Gasteiger partial charge in [-0.2, -0.15) is 17.0 Å². The van der Waals surface area contributed by atoms with Gasteiger partial charge in [0.1, 0.15) is 5.76 Å². The average molecular weight is 324 g/mol. The molecule has 0 radical (unpaired) electrons.